The van der Waals surface area contributed by atoms with Crippen LogP contribution in [0.1, 0.15) is 5.56 Å². The van der Waals surface area contributed by atoms with E-state index in [-0.39, 0.29) is 0 Å². The van der Waals surface area contributed by atoms with E-state index in [9.17, 15) is 5.26 Å². The fourth-order valence-corrected chi connectivity index (χ4v) is 8.53. The van der Waals surface area contributed by atoms with Crippen LogP contribution in [0.25, 0.3) is 104 Å². The summed E-state index contributed by atoms with van der Waals surface area (Å²) in [6.45, 7) is 0. The Bertz CT molecular complexity index is 3120. The first-order valence-electron chi connectivity index (χ1n) is 17.2. The largest absolute Gasteiger partial charge is 0.309 e. The van der Waals surface area contributed by atoms with Crippen molar-refractivity contribution < 1.29 is 0 Å². The predicted octanol–water partition coefficient (Wildman–Crippen LogP) is 12.5. The first-order valence-corrected chi connectivity index (χ1v) is 17.2. The Labute approximate surface area is 293 Å². The molecule has 3 heteroatoms. The summed E-state index contributed by atoms with van der Waals surface area (Å²) in [6, 6.07) is 57.2. The minimum Gasteiger partial charge on any atom is -0.309 e. The Hall–Kier alpha value is -7.02. The average Bonchev–Trinajstić information content (AvgIpc) is 3.54. The van der Waals surface area contributed by atoms with Crippen molar-refractivity contribution in [2.45, 2.75) is 0 Å². The molecule has 234 valence electrons. The number of benzene rings is 9. The lowest BCUT2D eigenvalue weighted by molar-refractivity contribution is 1.18. The van der Waals surface area contributed by atoms with Crippen molar-refractivity contribution in [1.29, 1.82) is 5.26 Å². The van der Waals surface area contributed by atoms with Gasteiger partial charge in [-0.2, -0.15) is 5.26 Å². The van der Waals surface area contributed by atoms with Gasteiger partial charge in [-0.1, -0.05) is 84.9 Å². The summed E-state index contributed by atoms with van der Waals surface area (Å²) < 4.78 is 2.33. The highest BCUT2D eigenvalue weighted by atomic mass is 15.0. The lowest BCUT2D eigenvalue weighted by Gasteiger charge is -2.15. The van der Waals surface area contributed by atoms with Crippen molar-refractivity contribution in [3.8, 4) is 45.1 Å². The van der Waals surface area contributed by atoms with Crippen LogP contribution in [0.4, 0.5) is 0 Å². The number of para-hydroxylation sites is 1. The summed E-state index contributed by atoms with van der Waals surface area (Å²) in [5.41, 5.74) is 11.1. The third kappa shape index (κ3) is 4.02. The van der Waals surface area contributed by atoms with Crippen LogP contribution in [0.5, 0.6) is 0 Å². The lowest BCUT2D eigenvalue weighted by atomic mass is 9.89. The van der Waals surface area contributed by atoms with Crippen molar-refractivity contribution >= 4 is 64.9 Å². The first-order chi connectivity index (χ1) is 25.2. The summed E-state index contributed by atoms with van der Waals surface area (Å²) in [5, 5.41) is 22.1. The number of nitrogens with zero attached hydrogens (tertiary/aromatic N) is 3. The Balaban J connectivity index is 1.08. The van der Waals surface area contributed by atoms with Gasteiger partial charge >= 0.3 is 0 Å². The summed E-state index contributed by atoms with van der Waals surface area (Å²) in [7, 11) is 0. The van der Waals surface area contributed by atoms with Crippen LogP contribution >= 0.6 is 0 Å². The van der Waals surface area contributed by atoms with Crippen molar-refractivity contribution in [1.82, 2.24) is 9.55 Å². The van der Waals surface area contributed by atoms with E-state index in [1.807, 2.05) is 30.6 Å². The average molecular weight is 646 g/mol. The molecule has 0 aliphatic carbocycles. The zero-order chi connectivity index (χ0) is 33.6. The third-order valence-electron chi connectivity index (χ3n) is 10.8. The molecule has 0 unspecified atom stereocenters. The molecular weight excluding hydrogens is 619 g/mol. The molecule has 0 saturated heterocycles. The van der Waals surface area contributed by atoms with Gasteiger partial charge in [0.05, 0.1) is 22.7 Å². The minimum atomic E-state index is 0.701. The molecule has 51 heavy (non-hydrogen) atoms. The monoisotopic (exact) mass is 645 g/mol. The molecule has 0 radical (unpaired) electrons. The Morgan fingerprint density at radius 1 is 0.451 bits per heavy atom. The predicted molar refractivity (Wildman–Crippen MR) is 212 cm³/mol. The second-order valence-corrected chi connectivity index (χ2v) is 13.5. The van der Waals surface area contributed by atoms with Crippen molar-refractivity contribution in [2.75, 3.05) is 0 Å². The molecule has 11 aromatic rings. The molecule has 0 aliphatic rings. The van der Waals surface area contributed by atoms with Crippen LogP contribution in [-0.2, 0) is 0 Å². The molecule has 0 spiro atoms. The maximum atomic E-state index is 10.0. The normalized spacial score (nSPS) is 11.9. The Kier molecular flexibility index (Phi) is 5.73. The van der Waals surface area contributed by atoms with Gasteiger partial charge in [-0.3, -0.25) is 4.98 Å². The molecule has 9 aromatic carbocycles. The molecule has 0 amide bonds. The zero-order valence-corrected chi connectivity index (χ0v) is 27.4. The van der Waals surface area contributed by atoms with E-state index >= 15 is 0 Å². The maximum Gasteiger partial charge on any atom is 0.0998 e. The SMILES string of the molecule is N#Cc1ccc2c3c1ccc1c(-c4cccc(-c5cc6ccc7cc(-c8cccnc8)cc8ccc(c5)c6c78)c4)ccc(c13)n2-c1ccccc1. The smallest absolute Gasteiger partial charge is 0.0998 e. The summed E-state index contributed by atoms with van der Waals surface area (Å²) in [4.78, 5) is 4.35. The number of hydrogen-bond acceptors (Lipinski definition) is 2. The van der Waals surface area contributed by atoms with E-state index < -0.39 is 0 Å². The van der Waals surface area contributed by atoms with Crippen LogP contribution in [0.15, 0.2) is 164 Å². The molecule has 3 nitrogen and oxygen atoms in total. The van der Waals surface area contributed by atoms with Gasteiger partial charge in [-0.05, 0) is 132 Å². The molecule has 2 aromatic heterocycles. The van der Waals surface area contributed by atoms with Gasteiger partial charge in [-0.25, -0.2) is 0 Å². The van der Waals surface area contributed by atoms with Gasteiger partial charge in [-0.15, -0.1) is 0 Å². The highest BCUT2D eigenvalue weighted by molar-refractivity contribution is 6.28. The summed E-state index contributed by atoms with van der Waals surface area (Å²) in [6.07, 6.45) is 3.75. The van der Waals surface area contributed by atoms with Crippen molar-refractivity contribution in [2.24, 2.45) is 0 Å². The minimum absolute atomic E-state index is 0.701. The van der Waals surface area contributed by atoms with E-state index in [4.69, 9.17) is 0 Å². The van der Waals surface area contributed by atoms with E-state index in [1.54, 1.807) is 0 Å². The van der Waals surface area contributed by atoms with Crippen LogP contribution in [0.2, 0.25) is 0 Å². The second-order valence-electron chi connectivity index (χ2n) is 13.5. The van der Waals surface area contributed by atoms with E-state index in [2.05, 4.69) is 149 Å². The molecule has 0 fully saturated rings. The highest BCUT2D eigenvalue weighted by Crippen LogP contribution is 2.44. The Morgan fingerprint density at radius 3 is 1.73 bits per heavy atom. The van der Waals surface area contributed by atoms with Crippen molar-refractivity contribution in [3.63, 3.8) is 0 Å². The van der Waals surface area contributed by atoms with E-state index in [0.29, 0.717) is 5.56 Å². The second kappa shape index (κ2) is 10.5. The number of pyridine rings is 1. The number of rotatable bonds is 4. The van der Waals surface area contributed by atoms with Crippen molar-refractivity contribution in [3.05, 3.63) is 170 Å². The van der Waals surface area contributed by atoms with Crippen LogP contribution < -0.4 is 0 Å². The van der Waals surface area contributed by atoms with Gasteiger partial charge in [0.2, 0.25) is 0 Å². The van der Waals surface area contributed by atoms with Crippen LogP contribution in [-0.4, -0.2) is 9.55 Å². The Morgan fingerprint density at radius 2 is 1.06 bits per heavy atom. The molecule has 0 bridgehead atoms. The molecule has 0 N–H and O–H groups in total. The number of aromatic nitrogens is 2. The quantitative estimate of drug-likeness (QED) is 0.179. The van der Waals surface area contributed by atoms with Crippen LogP contribution in [0.3, 0.4) is 0 Å². The van der Waals surface area contributed by atoms with Gasteiger partial charge in [0, 0.05) is 39.8 Å². The zero-order valence-electron chi connectivity index (χ0n) is 27.4. The topological polar surface area (TPSA) is 41.6 Å². The van der Waals surface area contributed by atoms with Gasteiger partial charge in [0.1, 0.15) is 0 Å². The van der Waals surface area contributed by atoms with Gasteiger partial charge < -0.3 is 4.57 Å². The fourth-order valence-electron chi connectivity index (χ4n) is 8.53. The lowest BCUT2D eigenvalue weighted by Crippen LogP contribution is -1.93. The first kappa shape index (κ1) is 27.9. The summed E-state index contributed by atoms with van der Waals surface area (Å²) in [5.74, 6) is 0. The summed E-state index contributed by atoms with van der Waals surface area (Å²) >= 11 is 0. The van der Waals surface area contributed by atoms with E-state index in [1.165, 1.54) is 70.9 Å². The highest BCUT2D eigenvalue weighted by Gasteiger charge is 2.21. The third-order valence-corrected chi connectivity index (χ3v) is 10.8. The number of nitriles is 1. The molecular formula is C48H27N3. The molecule has 11 rings (SSSR count). The van der Waals surface area contributed by atoms with E-state index in [0.717, 1.165) is 33.1 Å². The molecule has 0 atom stereocenters. The molecule has 2 heterocycles. The maximum absolute atomic E-state index is 10.0. The molecule has 0 saturated carbocycles. The van der Waals surface area contributed by atoms with Gasteiger partial charge in [0.15, 0.2) is 0 Å². The standard InChI is InChI=1S/C48H27N3/c49-27-35-15-19-43-47-41(35)16-17-42-40(18-20-44(48(42)47)51(43)39-9-2-1-3-10-39)30-7-4-6-29(22-30)37-23-31-11-13-33-25-38(36-8-5-21-50-28-36)26-34-14-12-32(24-37)45(31)46(33)34/h1-26,28H. The fraction of sp³-hybridized carbons (Fsp3) is 0. The molecule has 0 aliphatic heterocycles. The van der Waals surface area contributed by atoms with Gasteiger partial charge in [0.25, 0.3) is 0 Å². The number of hydrogen-bond donors (Lipinski definition) is 0. The van der Waals surface area contributed by atoms with Crippen LogP contribution in [0, 0.1) is 11.3 Å².